The highest BCUT2D eigenvalue weighted by atomic mass is 16.5. The summed E-state index contributed by atoms with van der Waals surface area (Å²) in [6.45, 7) is 2.66. The molecular weight excluding hydrogens is 188 g/mol. The second-order valence-corrected chi connectivity index (χ2v) is 3.58. The molecule has 0 aliphatic heterocycles. The van der Waals surface area contributed by atoms with Crippen molar-refractivity contribution in [2.75, 3.05) is 6.54 Å². The Morgan fingerprint density at radius 3 is 2.67 bits per heavy atom. The fraction of sp³-hybridized carbons (Fsp3) is 0.250. The maximum absolute atomic E-state index is 5.51. The van der Waals surface area contributed by atoms with Crippen molar-refractivity contribution >= 4 is 0 Å². The lowest BCUT2D eigenvalue weighted by molar-refractivity contribution is 0.412. The molecule has 78 valence electrons. The Morgan fingerprint density at radius 1 is 1.27 bits per heavy atom. The number of benzene rings is 1. The van der Waals surface area contributed by atoms with E-state index in [9.17, 15) is 0 Å². The maximum Gasteiger partial charge on any atom is 0.131 e. The van der Waals surface area contributed by atoms with Crippen LogP contribution in [0.25, 0.3) is 11.1 Å². The summed E-state index contributed by atoms with van der Waals surface area (Å²) in [7, 11) is 0. The Labute approximate surface area is 88.9 Å². The van der Waals surface area contributed by atoms with Gasteiger partial charge in [-0.3, -0.25) is 0 Å². The molecule has 1 aromatic heterocycles. The van der Waals surface area contributed by atoms with Crippen LogP contribution in [0.4, 0.5) is 0 Å². The molecule has 2 aromatic rings. The van der Waals surface area contributed by atoms with Gasteiger partial charge in [0.25, 0.3) is 0 Å². The van der Waals surface area contributed by atoms with E-state index in [0.717, 1.165) is 23.2 Å². The molecule has 0 amide bonds. The number of hydrogen-bond acceptors (Lipinski definition) is 3. The van der Waals surface area contributed by atoms with Crippen LogP contribution >= 0.6 is 0 Å². The van der Waals surface area contributed by atoms with Crippen molar-refractivity contribution < 1.29 is 4.52 Å². The number of nitrogens with two attached hydrogens (primary N) is 1. The monoisotopic (exact) mass is 202 g/mol. The molecule has 1 aromatic carbocycles. The van der Waals surface area contributed by atoms with Gasteiger partial charge < -0.3 is 10.3 Å². The Balaban J connectivity index is 2.36. The molecule has 1 heterocycles. The molecule has 0 saturated carbocycles. The highest BCUT2D eigenvalue weighted by Crippen LogP contribution is 2.23. The lowest BCUT2D eigenvalue weighted by atomic mass is 10.0. The van der Waals surface area contributed by atoms with Gasteiger partial charge in [0.05, 0.1) is 5.69 Å². The third-order valence-corrected chi connectivity index (χ3v) is 2.39. The van der Waals surface area contributed by atoms with Gasteiger partial charge in [-0.2, -0.15) is 0 Å². The molecular formula is C12H14N2O. The molecule has 2 rings (SSSR count). The second-order valence-electron chi connectivity index (χ2n) is 3.58. The Bertz CT molecular complexity index is 431. The third kappa shape index (κ3) is 2.07. The fourth-order valence-electron chi connectivity index (χ4n) is 1.54. The van der Waals surface area contributed by atoms with E-state index in [1.165, 1.54) is 5.56 Å². The van der Waals surface area contributed by atoms with Gasteiger partial charge in [0.15, 0.2) is 0 Å². The zero-order valence-electron chi connectivity index (χ0n) is 8.73. The van der Waals surface area contributed by atoms with Crippen LogP contribution in [-0.2, 0) is 6.42 Å². The molecule has 0 bridgehead atoms. The molecule has 3 heteroatoms. The minimum absolute atomic E-state index is 0.589. The summed E-state index contributed by atoms with van der Waals surface area (Å²) in [5, 5.41) is 3.95. The van der Waals surface area contributed by atoms with E-state index in [1.807, 2.05) is 0 Å². The summed E-state index contributed by atoms with van der Waals surface area (Å²) < 4.78 is 4.98. The summed E-state index contributed by atoms with van der Waals surface area (Å²) in [5.74, 6) is 0. The third-order valence-electron chi connectivity index (χ3n) is 2.39. The van der Waals surface area contributed by atoms with Crippen molar-refractivity contribution in [3.8, 4) is 11.1 Å². The first-order chi connectivity index (χ1) is 7.31. The van der Waals surface area contributed by atoms with Crippen LogP contribution in [0.3, 0.4) is 0 Å². The zero-order valence-corrected chi connectivity index (χ0v) is 8.73. The first-order valence-electron chi connectivity index (χ1n) is 5.01. The molecule has 0 radical (unpaired) electrons. The van der Waals surface area contributed by atoms with Crippen LogP contribution in [0.2, 0.25) is 0 Å². The average Bonchev–Trinajstić information content (AvgIpc) is 2.68. The van der Waals surface area contributed by atoms with Crippen LogP contribution in [0.5, 0.6) is 0 Å². The van der Waals surface area contributed by atoms with Crippen molar-refractivity contribution in [2.24, 2.45) is 5.73 Å². The van der Waals surface area contributed by atoms with Crippen molar-refractivity contribution in [1.29, 1.82) is 0 Å². The smallest absolute Gasteiger partial charge is 0.131 e. The fourth-order valence-corrected chi connectivity index (χ4v) is 1.54. The van der Waals surface area contributed by atoms with Crippen molar-refractivity contribution in [3.63, 3.8) is 0 Å². The van der Waals surface area contributed by atoms with Gasteiger partial charge in [0.2, 0.25) is 0 Å². The van der Waals surface area contributed by atoms with Gasteiger partial charge in [0, 0.05) is 12.0 Å². The highest BCUT2D eigenvalue weighted by molar-refractivity contribution is 5.64. The Kier molecular flexibility index (Phi) is 2.83. The number of nitrogens with zero attached hydrogens (tertiary/aromatic N) is 1. The largest absolute Gasteiger partial charge is 0.364 e. The highest BCUT2D eigenvalue weighted by Gasteiger charge is 2.08. The molecule has 0 unspecified atom stereocenters. The van der Waals surface area contributed by atoms with E-state index < -0.39 is 0 Å². The van der Waals surface area contributed by atoms with Crippen molar-refractivity contribution in [2.45, 2.75) is 13.3 Å². The maximum atomic E-state index is 5.51. The Morgan fingerprint density at radius 2 is 2.00 bits per heavy atom. The summed E-state index contributed by atoms with van der Waals surface area (Å²) >= 11 is 0. The van der Waals surface area contributed by atoms with E-state index in [4.69, 9.17) is 10.3 Å². The van der Waals surface area contributed by atoms with Gasteiger partial charge in [-0.25, -0.2) is 0 Å². The van der Waals surface area contributed by atoms with E-state index in [0.29, 0.717) is 6.54 Å². The van der Waals surface area contributed by atoms with Crippen molar-refractivity contribution in [1.82, 2.24) is 5.16 Å². The molecule has 0 aliphatic carbocycles. The van der Waals surface area contributed by atoms with E-state index in [2.05, 4.69) is 36.3 Å². The lowest BCUT2D eigenvalue weighted by Crippen LogP contribution is -2.03. The first-order valence-corrected chi connectivity index (χ1v) is 5.01. The van der Waals surface area contributed by atoms with E-state index in [1.54, 1.807) is 6.26 Å². The second kappa shape index (κ2) is 4.28. The molecule has 0 aliphatic rings. The quantitative estimate of drug-likeness (QED) is 0.829. The van der Waals surface area contributed by atoms with E-state index in [-0.39, 0.29) is 0 Å². The van der Waals surface area contributed by atoms with E-state index >= 15 is 0 Å². The van der Waals surface area contributed by atoms with Gasteiger partial charge in [0.1, 0.15) is 6.26 Å². The summed E-state index contributed by atoms with van der Waals surface area (Å²) in [6, 6.07) is 8.30. The summed E-state index contributed by atoms with van der Waals surface area (Å²) in [5.41, 5.74) is 9.86. The van der Waals surface area contributed by atoms with Crippen LogP contribution in [0, 0.1) is 6.92 Å². The Hall–Kier alpha value is -1.61. The summed E-state index contributed by atoms with van der Waals surface area (Å²) in [6.07, 6.45) is 2.43. The van der Waals surface area contributed by atoms with Gasteiger partial charge in [-0.05, 0) is 19.0 Å². The molecule has 0 saturated heterocycles. The van der Waals surface area contributed by atoms with Crippen LogP contribution in [-0.4, -0.2) is 11.7 Å². The minimum atomic E-state index is 0.589. The first kappa shape index (κ1) is 9.93. The van der Waals surface area contributed by atoms with Gasteiger partial charge >= 0.3 is 0 Å². The minimum Gasteiger partial charge on any atom is -0.364 e. The number of aromatic nitrogens is 1. The van der Waals surface area contributed by atoms with Gasteiger partial charge in [-0.15, -0.1) is 0 Å². The normalized spacial score (nSPS) is 10.5. The average molecular weight is 202 g/mol. The molecule has 15 heavy (non-hydrogen) atoms. The number of rotatable bonds is 3. The molecule has 0 fully saturated rings. The predicted molar refractivity (Wildman–Crippen MR) is 59.4 cm³/mol. The number of hydrogen-bond donors (Lipinski definition) is 1. The predicted octanol–water partition coefficient (Wildman–Crippen LogP) is 2.15. The standard InChI is InChI=1S/C12H14N2O/c1-9-2-4-10(5-3-9)11-8-15-14-12(11)6-7-13/h2-5,8H,6-7,13H2,1H3. The topological polar surface area (TPSA) is 52.0 Å². The molecule has 0 spiro atoms. The van der Waals surface area contributed by atoms with Crippen LogP contribution in [0.1, 0.15) is 11.3 Å². The zero-order chi connectivity index (χ0) is 10.7. The number of aryl methyl sites for hydroxylation is 1. The van der Waals surface area contributed by atoms with Crippen LogP contribution in [0.15, 0.2) is 35.1 Å². The SMILES string of the molecule is Cc1ccc(-c2conc2CCN)cc1. The lowest BCUT2D eigenvalue weighted by Gasteiger charge is -2.00. The van der Waals surface area contributed by atoms with Gasteiger partial charge in [-0.1, -0.05) is 35.0 Å². The summed E-state index contributed by atoms with van der Waals surface area (Å²) in [4.78, 5) is 0. The molecule has 0 atom stereocenters. The van der Waals surface area contributed by atoms with Crippen molar-refractivity contribution in [3.05, 3.63) is 41.8 Å². The van der Waals surface area contributed by atoms with Crippen LogP contribution < -0.4 is 5.73 Å². The molecule has 2 N–H and O–H groups in total. The molecule has 3 nitrogen and oxygen atoms in total.